The zero-order valence-corrected chi connectivity index (χ0v) is 18.8. The molecule has 0 bridgehead atoms. The molecule has 0 aromatic heterocycles. The van der Waals surface area contributed by atoms with Crippen molar-refractivity contribution in [3.8, 4) is 11.5 Å². The molecule has 0 unspecified atom stereocenters. The summed E-state index contributed by atoms with van der Waals surface area (Å²) < 4.78 is 38.7. The van der Waals surface area contributed by atoms with Crippen molar-refractivity contribution < 1.29 is 22.7 Å². The number of benzene rings is 3. The summed E-state index contributed by atoms with van der Waals surface area (Å²) >= 11 is 0. The van der Waals surface area contributed by atoms with Gasteiger partial charge in [0.1, 0.15) is 24.7 Å². The monoisotopic (exact) mass is 454 g/mol. The maximum atomic E-state index is 13.3. The average Bonchev–Trinajstić information content (AvgIpc) is 2.81. The third kappa shape index (κ3) is 5.79. The second-order valence-corrected chi connectivity index (χ2v) is 8.87. The van der Waals surface area contributed by atoms with Crippen molar-refractivity contribution in [2.75, 3.05) is 31.1 Å². The van der Waals surface area contributed by atoms with Gasteiger partial charge in [-0.1, -0.05) is 42.5 Å². The SMILES string of the molecule is COc1ccccc1N(CC(=O)NCCOc1cccc(C)c1)S(=O)(=O)c1ccccc1. The molecule has 0 fully saturated rings. The highest BCUT2D eigenvalue weighted by molar-refractivity contribution is 7.92. The van der Waals surface area contributed by atoms with E-state index in [1.165, 1.54) is 19.2 Å². The fourth-order valence-electron chi connectivity index (χ4n) is 3.11. The zero-order valence-electron chi connectivity index (χ0n) is 18.0. The number of hydrogen-bond acceptors (Lipinski definition) is 5. The highest BCUT2D eigenvalue weighted by Gasteiger charge is 2.29. The van der Waals surface area contributed by atoms with E-state index in [1.54, 1.807) is 42.5 Å². The van der Waals surface area contributed by atoms with Gasteiger partial charge in [0.25, 0.3) is 10.0 Å². The first-order chi connectivity index (χ1) is 15.4. The Labute approximate surface area is 188 Å². The van der Waals surface area contributed by atoms with Crippen molar-refractivity contribution in [2.45, 2.75) is 11.8 Å². The molecule has 0 heterocycles. The molecule has 32 heavy (non-hydrogen) atoms. The van der Waals surface area contributed by atoms with E-state index in [4.69, 9.17) is 9.47 Å². The second kappa shape index (κ2) is 10.7. The standard InChI is InChI=1S/C24H26N2O5S/c1-19-9-8-10-20(17-19)31-16-15-25-24(27)18-26(22-13-6-7-14-23(22)30-2)32(28,29)21-11-4-3-5-12-21/h3-14,17H,15-16,18H2,1-2H3,(H,25,27). The number of methoxy groups -OCH3 is 1. The normalized spacial score (nSPS) is 10.9. The van der Waals surface area contributed by atoms with Gasteiger partial charge in [-0.05, 0) is 48.9 Å². The summed E-state index contributed by atoms with van der Waals surface area (Å²) in [5.74, 6) is 0.604. The first kappa shape index (κ1) is 23.1. The number of carbonyl (C=O) groups excluding carboxylic acids is 1. The first-order valence-corrected chi connectivity index (χ1v) is 11.5. The van der Waals surface area contributed by atoms with E-state index in [-0.39, 0.29) is 23.7 Å². The number of nitrogens with one attached hydrogen (secondary N) is 1. The third-order valence-corrected chi connectivity index (χ3v) is 6.43. The molecule has 0 saturated carbocycles. The van der Waals surface area contributed by atoms with Gasteiger partial charge in [-0.2, -0.15) is 0 Å². The van der Waals surface area contributed by atoms with E-state index in [0.29, 0.717) is 11.5 Å². The van der Waals surface area contributed by atoms with Gasteiger partial charge in [0, 0.05) is 0 Å². The quantitative estimate of drug-likeness (QED) is 0.475. The van der Waals surface area contributed by atoms with Crippen molar-refractivity contribution >= 4 is 21.6 Å². The lowest BCUT2D eigenvalue weighted by molar-refractivity contribution is -0.119. The summed E-state index contributed by atoms with van der Waals surface area (Å²) in [6, 6.07) is 22.3. The highest BCUT2D eigenvalue weighted by Crippen LogP contribution is 2.32. The van der Waals surface area contributed by atoms with Crippen molar-refractivity contribution in [3.05, 3.63) is 84.4 Å². The first-order valence-electron chi connectivity index (χ1n) is 10.1. The minimum atomic E-state index is -4.00. The van der Waals surface area contributed by atoms with Crippen LogP contribution < -0.4 is 19.1 Å². The van der Waals surface area contributed by atoms with Gasteiger partial charge >= 0.3 is 0 Å². The maximum Gasteiger partial charge on any atom is 0.264 e. The number of nitrogens with zero attached hydrogens (tertiary/aromatic N) is 1. The Kier molecular flexibility index (Phi) is 7.72. The Morgan fingerprint density at radius 3 is 2.41 bits per heavy atom. The number of amides is 1. The van der Waals surface area contributed by atoms with Crippen molar-refractivity contribution in [3.63, 3.8) is 0 Å². The van der Waals surface area contributed by atoms with Gasteiger partial charge in [-0.25, -0.2) is 8.42 Å². The lowest BCUT2D eigenvalue weighted by Gasteiger charge is -2.25. The summed E-state index contributed by atoms with van der Waals surface area (Å²) in [7, 11) is -2.55. The average molecular weight is 455 g/mol. The molecule has 1 N–H and O–H groups in total. The summed E-state index contributed by atoms with van der Waals surface area (Å²) in [4.78, 5) is 12.7. The van der Waals surface area contributed by atoms with Crippen LogP contribution in [0.2, 0.25) is 0 Å². The fraction of sp³-hybridized carbons (Fsp3) is 0.208. The van der Waals surface area contributed by atoms with Crippen molar-refractivity contribution in [2.24, 2.45) is 0 Å². The number of para-hydroxylation sites is 2. The summed E-state index contributed by atoms with van der Waals surface area (Å²) in [6.45, 7) is 2.06. The minimum absolute atomic E-state index is 0.0847. The Morgan fingerprint density at radius 2 is 1.69 bits per heavy atom. The minimum Gasteiger partial charge on any atom is -0.495 e. The molecule has 0 radical (unpaired) electrons. The molecule has 3 rings (SSSR count). The van der Waals surface area contributed by atoms with Gasteiger partial charge in [0.2, 0.25) is 5.91 Å². The van der Waals surface area contributed by atoms with E-state index in [9.17, 15) is 13.2 Å². The van der Waals surface area contributed by atoms with E-state index in [2.05, 4.69) is 5.32 Å². The molecule has 3 aromatic carbocycles. The smallest absolute Gasteiger partial charge is 0.264 e. The van der Waals surface area contributed by atoms with Crippen LogP contribution in [0.4, 0.5) is 5.69 Å². The Balaban J connectivity index is 1.73. The lowest BCUT2D eigenvalue weighted by atomic mass is 10.2. The second-order valence-electron chi connectivity index (χ2n) is 7.01. The number of carbonyl (C=O) groups is 1. The van der Waals surface area contributed by atoms with E-state index >= 15 is 0 Å². The van der Waals surface area contributed by atoms with Gasteiger partial charge in [-0.15, -0.1) is 0 Å². The van der Waals surface area contributed by atoms with Crippen molar-refractivity contribution in [1.82, 2.24) is 5.32 Å². The molecule has 0 aliphatic heterocycles. The Hall–Kier alpha value is -3.52. The number of sulfonamides is 1. The number of anilines is 1. The van der Waals surface area contributed by atoms with Crippen LogP contribution in [0.3, 0.4) is 0 Å². The van der Waals surface area contributed by atoms with Gasteiger partial charge in [0.15, 0.2) is 0 Å². The maximum absolute atomic E-state index is 13.3. The molecule has 8 heteroatoms. The van der Waals surface area contributed by atoms with Gasteiger partial charge in [-0.3, -0.25) is 9.10 Å². The summed E-state index contributed by atoms with van der Waals surface area (Å²) in [6.07, 6.45) is 0. The van der Waals surface area contributed by atoms with Crippen molar-refractivity contribution in [1.29, 1.82) is 0 Å². The summed E-state index contributed by atoms with van der Waals surface area (Å²) in [5, 5.41) is 2.72. The number of hydrogen-bond donors (Lipinski definition) is 1. The van der Waals surface area contributed by atoms with Crippen LogP contribution >= 0.6 is 0 Å². The van der Waals surface area contributed by atoms with Crippen LogP contribution in [0.15, 0.2) is 83.8 Å². The predicted molar refractivity (Wildman–Crippen MR) is 124 cm³/mol. The number of rotatable bonds is 10. The molecule has 0 saturated heterocycles. The molecule has 7 nitrogen and oxygen atoms in total. The van der Waals surface area contributed by atoms with Crippen LogP contribution in [0, 0.1) is 6.92 Å². The number of aryl methyl sites for hydroxylation is 1. The van der Waals surface area contributed by atoms with Crippen LogP contribution in [0.5, 0.6) is 11.5 Å². The molecule has 0 spiro atoms. The van der Waals surface area contributed by atoms with E-state index in [0.717, 1.165) is 9.87 Å². The summed E-state index contributed by atoms with van der Waals surface area (Å²) in [5.41, 5.74) is 1.36. The molecule has 0 aliphatic rings. The molecule has 0 atom stereocenters. The molecular formula is C24H26N2O5S. The third-order valence-electron chi connectivity index (χ3n) is 4.65. The highest BCUT2D eigenvalue weighted by atomic mass is 32.2. The van der Waals surface area contributed by atoms with Gasteiger partial charge < -0.3 is 14.8 Å². The fourth-order valence-corrected chi connectivity index (χ4v) is 4.56. The van der Waals surface area contributed by atoms with E-state index in [1.807, 2.05) is 31.2 Å². The lowest BCUT2D eigenvalue weighted by Crippen LogP contribution is -2.42. The molecule has 1 amide bonds. The van der Waals surface area contributed by atoms with Crippen LogP contribution in [0.25, 0.3) is 0 Å². The molecule has 3 aromatic rings. The van der Waals surface area contributed by atoms with Gasteiger partial charge in [0.05, 0.1) is 24.2 Å². The molecule has 168 valence electrons. The Morgan fingerprint density at radius 1 is 0.969 bits per heavy atom. The number of ether oxygens (including phenoxy) is 2. The molecule has 0 aliphatic carbocycles. The van der Waals surface area contributed by atoms with Crippen LogP contribution in [0.1, 0.15) is 5.56 Å². The Bertz CT molecular complexity index is 1150. The van der Waals surface area contributed by atoms with E-state index < -0.39 is 22.5 Å². The zero-order chi connectivity index (χ0) is 23.0. The predicted octanol–water partition coefficient (Wildman–Crippen LogP) is 3.39. The largest absolute Gasteiger partial charge is 0.495 e. The van der Waals surface area contributed by atoms with Crippen LogP contribution in [-0.2, 0) is 14.8 Å². The van der Waals surface area contributed by atoms with Crippen LogP contribution in [-0.4, -0.2) is 41.1 Å². The topological polar surface area (TPSA) is 84.9 Å². The molecular weight excluding hydrogens is 428 g/mol.